The molecule has 3 unspecified atom stereocenters. The van der Waals surface area contributed by atoms with Gasteiger partial charge < -0.3 is 14.6 Å². The van der Waals surface area contributed by atoms with Crippen LogP contribution in [0.15, 0.2) is 0 Å². The van der Waals surface area contributed by atoms with Crippen molar-refractivity contribution >= 4 is 17.9 Å². The van der Waals surface area contributed by atoms with E-state index >= 15 is 0 Å². The summed E-state index contributed by atoms with van der Waals surface area (Å²) in [7, 11) is 0. The minimum absolute atomic E-state index is 0.152. The summed E-state index contributed by atoms with van der Waals surface area (Å²) in [5.41, 5.74) is 0. The van der Waals surface area contributed by atoms with Crippen LogP contribution in [-0.4, -0.2) is 36.2 Å². The molecule has 1 rings (SSSR count). The summed E-state index contributed by atoms with van der Waals surface area (Å²) < 4.78 is 10.7. The SMILES string of the molecule is CCCCCCOC(=O)C1CCC(C(=O)O)CC1C(=O)OCCCCCC. The molecule has 1 fully saturated rings. The summed E-state index contributed by atoms with van der Waals surface area (Å²) in [6, 6.07) is 0. The van der Waals surface area contributed by atoms with Crippen LogP contribution in [0.1, 0.15) is 84.5 Å². The maximum atomic E-state index is 12.5. The topological polar surface area (TPSA) is 89.9 Å². The number of unbranched alkanes of at least 4 members (excludes halogenated alkanes) is 6. The Labute approximate surface area is 163 Å². The van der Waals surface area contributed by atoms with Crippen LogP contribution in [0.25, 0.3) is 0 Å². The second-order valence-electron chi connectivity index (χ2n) is 7.52. The first kappa shape index (κ1) is 23.4. The van der Waals surface area contributed by atoms with Crippen molar-refractivity contribution < 1.29 is 29.0 Å². The summed E-state index contributed by atoms with van der Waals surface area (Å²) in [4.78, 5) is 36.3. The number of carbonyl (C=O) groups is 3. The summed E-state index contributed by atoms with van der Waals surface area (Å²) >= 11 is 0. The minimum atomic E-state index is -0.915. The second-order valence-corrected chi connectivity index (χ2v) is 7.52. The van der Waals surface area contributed by atoms with Gasteiger partial charge in [-0.3, -0.25) is 14.4 Å². The van der Waals surface area contributed by atoms with Crippen molar-refractivity contribution in [3.05, 3.63) is 0 Å². The average molecular weight is 385 g/mol. The predicted molar refractivity (Wildman–Crippen MR) is 102 cm³/mol. The molecule has 0 aromatic rings. The Bertz CT molecular complexity index is 462. The Hall–Kier alpha value is -1.59. The van der Waals surface area contributed by atoms with Gasteiger partial charge in [-0.05, 0) is 32.1 Å². The zero-order chi connectivity index (χ0) is 20.1. The van der Waals surface area contributed by atoms with Gasteiger partial charge in [0, 0.05) is 0 Å². The molecule has 6 nitrogen and oxygen atoms in total. The molecular weight excluding hydrogens is 348 g/mol. The first-order valence-corrected chi connectivity index (χ1v) is 10.6. The summed E-state index contributed by atoms with van der Waals surface area (Å²) in [6.07, 6.45) is 8.93. The van der Waals surface area contributed by atoms with Crippen LogP contribution < -0.4 is 0 Å². The lowest BCUT2D eigenvalue weighted by molar-refractivity contribution is -0.166. The van der Waals surface area contributed by atoms with Gasteiger partial charge in [0.1, 0.15) is 0 Å². The Morgan fingerprint density at radius 2 is 1.30 bits per heavy atom. The van der Waals surface area contributed by atoms with Crippen molar-refractivity contribution in [1.29, 1.82) is 0 Å². The lowest BCUT2D eigenvalue weighted by Crippen LogP contribution is -2.39. The first-order valence-electron chi connectivity index (χ1n) is 10.6. The highest BCUT2D eigenvalue weighted by Gasteiger charge is 2.43. The smallest absolute Gasteiger partial charge is 0.309 e. The zero-order valence-electron chi connectivity index (χ0n) is 16.9. The maximum Gasteiger partial charge on any atom is 0.309 e. The Morgan fingerprint density at radius 1 is 0.778 bits per heavy atom. The quantitative estimate of drug-likeness (QED) is 0.375. The molecule has 27 heavy (non-hydrogen) atoms. The highest BCUT2D eigenvalue weighted by Crippen LogP contribution is 2.36. The van der Waals surface area contributed by atoms with E-state index in [4.69, 9.17) is 9.47 Å². The standard InChI is InChI=1S/C21H36O6/c1-3-5-7-9-13-26-20(24)17-12-11-16(19(22)23)15-18(17)21(25)27-14-10-8-6-4-2/h16-18H,3-15H2,1-2H3,(H,22,23). The molecule has 1 aliphatic carbocycles. The van der Waals surface area contributed by atoms with Crippen molar-refractivity contribution in [1.82, 2.24) is 0 Å². The third kappa shape index (κ3) is 8.76. The fourth-order valence-corrected chi connectivity index (χ4v) is 3.55. The fraction of sp³-hybridized carbons (Fsp3) is 0.857. The first-order chi connectivity index (χ1) is 13.0. The number of hydrogen-bond acceptors (Lipinski definition) is 5. The van der Waals surface area contributed by atoms with Crippen LogP contribution >= 0.6 is 0 Å². The third-order valence-corrected chi connectivity index (χ3v) is 5.29. The summed E-state index contributed by atoms with van der Waals surface area (Å²) in [5, 5.41) is 9.29. The molecule has 0 aromatic carbocycles. The zero-order valence-corrected chi connectivity index (χ0v) is 16.9. The molecule has 1 N–H and O–H groups in total. The molecule has 0 bridgehead atoms. The van der Waals surface area contributed by atoms with Crippen LogP contribution in [0.3, 0.4) is 0 Å². The Morgan fingerprint density at radius 3 is 1.78 bits per heavy atom. The number of ether oxygens (including phenoxy) is 2. The van der Waals surface area contributed by atoms with Crippen LogP contribution in [0, 0.1) is 17.8 Å². The number of esters is 2. The second kappa shape index (κ2) is 13.6. The monoisotopic (exact) mass is 384 g/mol. The van der Waals surface area contributed by atoms with Gasteiger partial charge in [-0.25, -0.2) is 0 Å². The van der Waals surface area contributed by atoms with Crippen molar-refractivity contribution in [3.8, 4) is 0 Å². The van der Waals surface area contributed by atoms with E-state index in [1.165, 1.54) is 0 Å². The van der Waals surface area contributed by atoms with E-state index in [0.717, 1.165) is 51.4 Å². The van der Waals surface area contributed by atoms with E-state index < -0.39 is 29.7 Å². The lowest BCUT2D eigenvalue weighted by atomic mass is 9.74. The molecule has 0 aromatic heterocycles. The molecule has 1 aliphatic rings. The van der Waals surface area contributed by atoms with Gasteiger partial charge >= 0.3 is 17.9 Å². The average Bonchev–Trinajstić information content (AvgIpc) is 2.66. The Kier molecular flexibility index (Phi) is 11.8. The van der Waals surface area contributed by atoms with Gasteiger partial charge in [0.2, 0.25) is 0 Å². The fourth-order valence-electron chi connectivity index (χ4n) is 3.55. The molecule has 6 heteroatoms. The van der Waals surface area contributed by atoms with Crippen LogP contribution in [0.2, 0.25) is 0 Å². The summed E-state index contributed by atoms with van der Waals surface area (Å²) in [5.74, 6) is -3.66. The number of carboxylic acid groups (broad SMARTS) is 1. The van der Waals surface area contributed by atoms with Crippen LogP contribution in [0.5, 0.6) is 0 Å². The predicted octanol–water partition coefficient (Wildman–Crippen LogP) is 4.35. The molecule has 0 aliphatic heterocycles. The molecule has 0 spiro atoms. The van der Waals surface area contributed by atoms with Crippen molar-refractivity contribution in [2.45, 2.75) is 84.5 Å². The van der Waals surface area contributed by atoms with Crippen LogP contribution in [0.4, 0.5) is 0 Å². The number of aliphatic carboxylic acids is 1. The molecular formula is C21H36O6. The molecule has 1 saturated carbocycles. The highest BCUT2D eigenvalue weighted by atomic mass is 16.5. The van der Waals surface area contributed by atoms with Crippen LogP contribution in [-0.2, 0) is 23.9 Å². The molecule has 0 radical (unpaired) electrons. The number of carboxylic acids is 1. The van der Waals surface area contributed by atoms with E-state index in [2.05, 4.69) is 13.8 Å². The molecule has 156 valence electrons. The van der Waals surface area contributed by atoms with Gasteiger partial charge in [0.15, 0.2) is 0 Å². The van der Waals surface area contributed by atoms with Gasteiger partial charge in [-0.15, -0.1) is 0 Å². The molecule has 3 atom stereocenters. The normalized spacial score (nSPS) is 22.2. The van der Waals surface area contributed by atoms with Crippen molar-refractivity contribution in [2.24, 2.45) is 17.8 Å². The lowest BCUT2D eigenvalue weighted by Gasteiger charge is -2.31. The van der Waals surface area contributed by atoms with Gasteiger partial charge in [-0.1, -0.05) is 52.4 Å². The maximum absolute atomic E-state index is 12.5. The van der Waals surface area contributed by atoms with Crippen molar-refractivity contribution in [2.75, 3.05) is 13.2 Å². The van der Waals surface area contributed by atoms with Gasteiger partial charge in [0.05, 0.1) is 31.0 Å². The minimum Gasteiger partial charge on any atom is -0.481 e. The van der Waals surface area contributed by atoms with E-state index in [9.17, 15) is 19.5 Å². The number of rotatable bonds is 13. The molecule has 0 amide bonds. The van der Waals surface area contributed by atoms with E-state index in [0.29, 0.717) is 26.1 Å². The van der Waals surface area contributed by atoms with E-state index in [-0.39, 0.29) is 12.4 Å². The summed E-state index contributed by atoms with van der Waals surface area (Å²) in [6.45, 7) is 4.91. The third-order valence-electron chi connectivity index (χ3n) is 5.29. The number of carbonyl (C=O) groups excluding carboxylic acids is 2. The van der Waals surface area contributed by atoms with Crippen molar-refractivity contribution in [3.63, 3.8) is 0 Å². The molecule has 0 saturated heterocycles. The van der Waals surface area contributed by atoms with E-state index in [1.54, 1.807) is 0 Å². The molecule has 0 heterocycles. The Balaban J connectivity index is 2.57. The van der Waals surface area contributed by atoms with Gasteiger partial charge in [0.25, 0.3) is 0 Å². The van der Waals surface area contributed by atoms with Gasteiger partial charge in [-0.2, -0.15) is 0 Å². The van der Waals surface area contributed by atoms with E-state index in [1.807, 2.05) is 0 Å². The highest BCUT2D eigenvalue weighted by molar-refractivity contribution is 5.83. The number of hydrogen-bond donors (Lipinski definition) is 1. The largest absolute Gasteiger partial charge is 0.481 e.